The van der Waals surface area contributed by atoms with Crippen molar-refractivity contribution in [3.05, 3.63) is 23.8 Å². The number of nitrogens with zero attached hydrogens (tertiary/aromatic N) is 1. The summed E-state index contributed by atoms with van der Waals surface area (Å²) < 4.78 is 10.2. The highest BCUT2D eigenvalue weighted by Gasteiger charge is 2.06. The molecule has 1 aromatic rings. The monoisotopic (exact) mass is 210 g/mol. The molecular formula is C10H14N2O3. The van der Waals surface area contributed by atoms with Crippen molar-refractivity contribution in [3.8, 4) is 11.5 Å². The maximum Gasteiger partial charge on any atom is 0.143 e. The van der Waals surface area contributed by atoms with Crippen LogP contribution < -0.4 is 15.2 Å². The number of oxime groups is 1. The molecule has 0 amide bonds. The molecule has 0 unspecified atom stereocenters. The highest BCUT2D eigenvalue weighted by atomic mass is 16.5. The van der Waals surface area contributed by atoms with Crippen LogP contribution in [0.5, 0.6) is 11.5 Å². The molecule has 5 heteroatoms. The second-order valence-corrected chi connectivity index (χ2v) is 2.95. The molecule has 0 aromatic heterocycles. The summed E-state index contributed by atoms with van der Waals surface area (Å²) in [5.74, 6) is 1.51. The van der Waals surface area contributed by atoms with E-state index in [-0.39, 0.29) is 5.84 Å². The highest BCUT2D eigenvalue weighted by molar-refractivity contribution is 5.82. The van der Waals surface area contributed by atoms with Gasteiger partial charge in [-0.2, -0.15) is 0 Å². The van der Waals surface area contributed by atoms with Gasteiger partial charge in [0, 0.05) is 12.0 Å². The number of hydrogen-bond acceptors (Lipinski definition) is 4. The first-order chi connectivity index (χ1) is 7.21. The highest BCUT2D eigenvalue weighted by Crippen LogP contribution is 2.24. The van der Waals surface area contributed by atoms with Crippen LogP contribution in [0.2, 0.25) is 0 Å². The lowest BCUT2D eigenvalue weighted by atomic mass is 10.1. The molecule has 0 heterocycles. The van der Waals surface area contributed by atoms with Gasteiger partial charge in [0.05, 0.1) is 14.2 Å². The standard InChI is InChI=1S/C10H14N2O3/c1-14-8-3-4-9(15-2)7(5-8)6-10(11)12-13/h3-5,13H,6H2,1-2H3,(H2,11,12). The fraction of sp³-hybridized carbons (Fsp3) is 0.300. The summed E-state index contributed by atoms with van der Waals surface area (Å²) in [6, 6.07) is 5.35. The van der Waals surface area contributed by atoms with E-state index in [0.29, 0.717) is 17.9 Å². The minimum atomic E-state index is 0.126. The van der Waals surface area contributed by atoms with Crippen LogP contribution in [0.1, 0.15) is 5.56 Å². The van der Waals surface area contributed by atoms with E-state index in [1.807, 2.05) is 0 Å². The number of rotatable bonds is 4. The van der Waals surface area contributed by atoms with Crippen LogP contribution in [0.15, 0.2) is 23.4 Å². The van der Waals surface area contributed by atoms with Crippen molar-refractivity contribution in [2.75, 3.05) is 14.2 Å². The van der Waals surface area contributed by atoms with Crippen LogP contribution >= 0.6 is 0 Å². The maximum absolute atomic E-state index is 8.48. The van der Waals surface area contributed by atoms with E-state index in [0.717, 1.165) is 5.56 Å². The molecule has 0 aliphatic heterocycles. The molecule has 0 saturated heterocycles. The van der Waals surface area contributed by atoms with Crippen LogP contribution in [0, 0.1) is 0 Å². The van der Waals surface area contributed by atoms with Gasteiger partial charge in [0.25, 0.3) is 0 Å². The zero-order valence-corrected chi connectivity index (χ0v) is 8.73. The third-order valence-electron chi connectivity index (χ3n) is 1.99. The first-order valence-electron chi connectivity index (χ1n) is 4.38. The van der Waals surface area contributed by atoms with E-state index in [2.05, 4.69) is 5.16 Å². The summed E-state index contributed by atoms with van der Waals surface area (Å²) in [6.07, 6.45) is 0.316. The molecule has 82 valence electrons. The molecule has 3 N–H and O–H groups in total. The quantitative estimate of drug-likeness (QED) is 0.336. The zero-order valence-electron chi connectivity index (χ0n) is 8.73. The van der Waals surface area contributed by atoms with E-state index in [4.69, 9.17) is 20.4 Å². The van der Waals surface area contributed by atoms with Gasteiger partial charge >= 0.3 is 0 Å². The van der Waals surface area contributed by atoms with Crippen LogP contribution in [0.25, 0.3) is 0 Å². The van der Waals surface area contributed by atoms with Crippen molar-refractivity contribution < 1.29 is 14.7 Å². The smallest absolute Gasteiger partial charge is 0.143 e. The fourth-order valence-electron chi connectivity index (χ4n) is 1.25. The third kappa shape index (κ3) is 2.77. The second kappa shape index (κ2) is 5.09. The molecule has 0 radical (unpaired) electrons. The van der Waals surface area contributed by atoms with Crippen LogP contribution in [-0.2, 0) is 6.42 Å². The zero-order chi connectivity index (χ0) is 11.3. The average molecular weight is 210 g/mol. The van der Waals surface area contributed by atoms with Gasteiger partial charge in [-0.05, 0) is 18.2 Å². The number of methoxy groups -OCH3 is 2. The van der Waals surface area contributed by atoms with Crippen molar-refractivity contribution in [3.63, 3.8) is 0 Å². The van der Waals surface area contributed by atoms with Gasteiger partial charge < -0.3 is 20.4 Å². The molecule has 15 heavy (non-hydrogen) atoms. The summed E-state index contributed by atoms with van der Waals surface area (Å²) in [5.41, 5.74) is 6.24. The van der Waals surface area contributed by atoms with Gasteiger partial charge in [0.15, 0.2) is 0 Å². The van der Waals surface area contributed by atoms with Gasteiger partial charge in [-0.1, -0.05) is 5.16 Å². The number of benzene rings is 1. The van der Waals surface area contributed by atoms with Gasteiger partial charge in [0.2, 0.25) is 0 Å². The SMILES string of the molecule is COc1ccc(OC)c(CC(N)=NO)c1. The number of nitrogens with two attached hydrogens (primary N) is 1. The largest absolute Gasteiger partial charge is 0.497 e. The molecule has 0 atom stereocenters. The normalized spacial score (nSPS) is 11.2. The molecule has 0 aliphatic rings. The summed E-state index contributed by atoms with van der Waals surface area (Å²) in [5, 5.41) is 11.4. The van der Waals surface area contributed by atoms with E-state index in [1.165, 1.54) is 0 Å². The number of hydrogen-bond donors (Lipinski definition) is 2. The first kappa shape index (κ1) is 11.2. The average Bonchev–Trinajstić information content (AvgIpc) is 2.28. The summed E-state index contributed by atoms with van der Waals surface area (Å²) in [6.45, 7) is 0. The lowest BCUT2D eigenvalue weighted by Gasteiger charge is -2.09. The molecule has 5 nitrogen and oxygen atoms in total. The summed E-state index contributed by atoms with van der Waals surface area (Å²) >= 11 is 0. The van der Waals surface area contributed by atoms with Crippen molar-refractivity contribution in [2.24, 2.45) is 10.9 Å². The lowest BCUT2D eigenvalue weighted by Crippen LogP contribution is -2.15. The molecule has 0 fully saturated rings. The van der Waals surface area contributed by atoms with E-state index >= 15 is 0 Å². The Morgan fingerprint density at radius 2 is 2.13 bits per heavy atom. The maximum atomic E-state index is 8.48. The predicted molar refractivity (Wildman–Crippen MR) is 56.7 cm³/mol. The van der Waals surface area contributed by atoms with E-state index in [9.17, 15) is 0 Å². The molecule has 1 rings (SSSR count). The Hall–Kier alpha value is -1.91. The third-order valence-corrected chi connectivity index (χ3v) is 1.99. The first-order valence-corrected chi connectivity index (χ1v) is 4.38. The van der Waals surface area contributed by atoms with Crippen LogP contribution in [0.3, 0.4) is 0 Å². The molecule has 0 aliphatic carbocycles. The summed E-state index contributed by atoms with van der Waals surface area (Å²) in [7, 11) is 3.15. The Morgan fingerprint density at radius 3 is 2.67 bits per heavy atom. The van der Waals surface area contributed by atoms with E-state index in [1.54, 1.807) is 32.4 Å². The fourth-order valence-corrected chi connectivity index (χ4v) is 1.25. The predicted octanol–water partition coefficient (Wildman–Crippen LogP) is 0.993. The van der Waals surface area contributed by atoms with Crippen molar-refractivity contribution in [1.82, 2.24) is 0 Å². The van der Waals surface area contributed by atoms with Gasteiger partial charge in [-0.25, -0.2) is 0 Å². The van der Waals surface area contributed by atoms with E-state index < -0.39 is 0 Å². The van der Waals surface area contributed by atoms with Gasteiger partial charge in [-0.15, -0.1) is 0 Å². The Labute approximate surface area is 88.1 Å². The summed E-state index contributed by atoms with van der Waals surface area (Å²) in [4.78, 5) is 0. The second-order valence-electron chi connectivity index (χ2n) is 2.95. The Balaban J connectivity index is 3.01. The Morgan fingerprint density at radius 1 is 1.40 bits per heavy atom. The van der Waals surface area contributed by atoms with Gasteiger partial charge in [-0.3, -0.25) is 0 Å². The van der Waals surface area contributed by atoms with Crippen LogP contribution in [0.4, 0.5) is 0 Å². The minimum Gasteiger partial charge on any atom is -0.497 e. The van der Waals surface area contributed by atoms with Crippen molar-refractivity contribution in [2.45, 2.75) is 6.42 Å². The van der Waals surface area contributed by atoms with Gasteiger partial charge in [0.1, 0.15) is 17.3 Å². The number of amidine groups is 1. The molecular weight excluding hydrogens is 196 g/mol. The van der Waals surface area contributed by atoms with Crippen molar-refractivity contribution >= 4 is 5.84 Å². The number of ether oxygens (including phenoxy) is 2. The van der Waals surface area contributed by atoms with Crippen molar-refractivity contribution in [1.29, 1.82) is 0 Å². The molecule has 1 aromatic carbocycles. The lowest BCUT2D eigenvalue weighted by molar-refractivity contribution is 0.317. The minimum absolute atomic E-state index is 0.126. The molecule has 0 spiro atoms. The molecule has 0 saturated carbocycles. The molecule has 0 bridgehead atoms. The topological polar surface area (TPSA) is 77.1 Å². The Kier molecular flexibility index (Phi) is 3.79. The Bertz CT molecular complexity index is 364. The van der Waals surface area contributed by atoms with Crippen LogP contribution in [-0.4, -0.2) is 25.3 Å².